The summed E-state index contributed by atoms with van der Waals surface area (Å²) < 4.78 is 23.3. The Morgan fingerprint density at radius 1 is 0.906 bits per heavy atom. The lowest BCUT2D eigenvalue weighted by Crippen LogP contribution is -2.13. The lowest BCUT2D eigenvalue weighted by atomic mass is 10.1. The fourth-order valence-electron chi connectivity index (χ4n) is 2.90. The van der Waals surface area contributed by atoms with Crippen LogP contribution in [0, 0.1) is 3.57 Å². The Bertz CT molecular complexity index is 1040. The highest BCUT2D eigenvalue weighted by molar-refractivity contribution is 14.1. The van der Waals surface area contributed by atoms with Crippen LogP contribution in [-0.4, -0.2) is 26.2 Å². The molecule has 7 heteroatoms. The molecule has 3 aromatic carbocycles. The number of halogens is 1. The van der Waals surface area contributed by atoms with E-state index in [-0.39, 0.29) is 5.91 Å². The van der Waals surface area contributed by atoms with E-state index in [0.717, 1.165) is 15.7 Å². The molecule has 0 aliphatic rings. The summed E-state index contributed by atoms with van der Waals surface area (Å²) >= 11 is 2.17. The number of nitrogens with one attached hydrogen (secondary N) is 1. The summed E-state index contributed by atoms with van der Waals surface area (Å²) in [5.74, 6) is 3.15. The zero-order valence-electron chi connectivity index (χ0n) is 18.3. The predicted molar refractivity (Wildman–Crippen MR) is 134 cm³/mol. The number of anilines is 1. The van der Waals surface area contributed by atoms with E-state index in [1.54, 1.807) is 43.5 Å². The largest absolute Gasteiger partial charge is 0.497 e. The minimum absolute atomic E-state index is 0.227. The topological polar surface area (TPSA) is 66.0 Å². The van der Waals surface area contributed by atoms with Crippen LogP contribution in [0.15, 0.2) is 60.7 Å². The van der Waals surface area contributed by atoms with Crippen LogP contribution < -0.4 is 24.3 Å². The monoisotopic (exact) mass is 547 g/mol. The lowest BCUT2D eigenvalue weighted by Gasteiger charge is -2.15. The van der Waals surface area contributed by atoms with Crippen LogP contribution in [0.25, 0.3) is 0 Å². The Kier molecular flexibility index (Phi) is 8.61. The molecule has 0 fully saturated rings. The van der Waals surface area contributed by atoms with Crippen LogP contribution in [0.3, 0.4) is 0 Å². The minimum Gasteiger partial charge on any atom is -0.497 e. The first-order valence-electron chi connectivity index (χ1n) is 10.4. The van der Waals surface area contributed by atoms with Crippen LogP contribution in [0.1, 0.15) is 30.6 Å². The molecule has 0 aliphatic carbocycles. The van der Waals surface area contributed by atoms with Crippen LogP contribution in [0.4, 0.5) is 5.69 Å². The van der Waals surface area contributed by atoms with E-state index < -0.39 is 0 Å². The van der Waals surface area contributed by atoms with Gasteiger partial charge in [0.15, 0.2) is 11.5 Å². The lowest BCUT2D eigenvalue weighted by molar-refractivity contribution is 0.102. The van der Waals surface area contributed by atoms with Gasteiger partial charge in [-0.25, -0.2) is 0 Å². The van der Waals surface area contributed by atoms with Crippen LogP contribution >= 0.6 is 22.6 Å². The summed E-state index contributed by atoms with van der Waals surface area (Å²) in [6, 6.07) is 18.0. The Hall–Kier alpha value is -2.94. The number of rotatable bonds is 10. The zero-order valence-corrected chi connectivity index (χ0v) is 20.5. The van der Waals surface area contributed by atoms with Crippen molar-refractivity contribution in [3.8, 4) is 28.7 Å². The van der Waals surface area contributed by atoms with E-state index in [0.29, 0.717) is 47.5 Å². The van der Waals surface area contributed by atoms with Crippen molar-refractivity contribution < 1.29 is 23.7 Å². The predicted octanol–water partition coefficient (Wildman–Crippen LogP) is 6.53. The molecule has 0 bridgehead atoms. The highest BCUT2D eigenvalue weighted by Crippen LogP contribution is 2.35. The van der Waals surface area contributed by atoms with Crippen molar-refractivity contribution in [2.24, 2.45) is 0 Å². The number of hydrogen-bond acceptors (Lipinski definition) is 5. The van der Waals surface area contributed by atoms with Gasteiger partial charge in [0, 0.05) is 11.3 Å². The molecular formula is C25H26INO5. The maximum absolute atomic E-state index is 12.8. The van der Waals surface area contributed by atoms with Crippen LogP contribution in [0.2, 0.25) is 0 Å². The molecule has 168 valence electrons. The first-order chi connectivity index (χ1) is 15.5. The molecule has 0 aromatic heterocycles. The Morgan fingerprint density at radius 3 is 2.12 bits per heavy atom. The molecule has 1 N–H and O–H groups in total. The number of ether oxygens (including phenoxy) is 4. The van der Waals surface area contributed by atoms with E-state index in [2.05, 4.69) is 27.9 Å². The maximum Gasteiger partial charge on any atom is 0.255 e. The Labute approximate surface area is 202 Å². The van der Waals surface area contributed by atoms with Gasteiger partial charge < -0.3 is 24.3 Å². The van der Waals surface area contributed by atoms with Gasteiger partial charge in [-0.05, 0) is 96.6 Å². The summed E-state index contributed by atoms with van der Waals surface area (Å²) in [5.41, 5.74) is 1.16. The third kappa shape index (κ3) is 6.29. The van der Waals surface area contributed by atoms with Crippen LogP contribution in [-0.2, 0) is 0 Å². The molecule has 6 nitrogen and oxygen atoms in total. The molecule has 0 unspecified atom stereocenters. The van der Waals surface area contributed by atoms with Crippen molar-refractivity contribution in [2.45, 2.75) is 20.3 Å². The molecule has 3 rings (SSSR count). The third-order valence-electron chi connectivity index (χ3n) is 4.43. The summed E-state index contributed by atoms with van der Waals surface area (Å²) in [6.07, 6.45) is 0.891. The zero-order chi connectivity index (χ0) is 22.9. The van der Waals surface area contributed by atoms with E-state index in [1.165, 1.54) is 0 Å². The molecule has 0 radical (unpaired) electrons. The number of benzene rings is 3. The number of carbonyl (C=O) groups is 1. The van der Waals surface area contributed by atoms with Crippen molar-refractivity contribution in [3.63, 3.8) is 0 Å². The van der Waals surface area contributed by atoms with Gasteiger partial charge in [0.1, 0.15) is 17.2 Å². The summed E-state index contributed by atoms with van der Waals surface area (Å²) in [5, 5.41) is 2.91. The van der Waals surface area contributed by atoms with Gasteiger partial charge in [0.2, 0.25) is 0 Å². The number of hydrogen-bond donors (Lipinski definition) is 1. The fraction of sp³-hybridized carbons (Fsp3) is 0.240. The van der Waals surface area contributed by atoms with E-state index in [9.17, 15) is 4.79 Å². The molecule has 32 heavy (non-hydrogen) atoms. The first kappa shape index (κ1) is 23.7. The summed E-state index contributed by atoms with van der Waals surface area (Å²) in [7, 11) is 1.62. The average molecular weight is 547 g/mol. The SMILES string of the molecule is CCCOc1c(I)cc(C(=O)Nc2ccc(Oc3ccc(OC)cc3)cc2)cc1OCC. The Balaban J connectivity index is 1.69. The van der Waals surface area contributed by atoms with Gasteiger partial charge in [-0.15, -0.1) is 0 Å². The van der Waals surface area contributed by atoms with Crippen LogP contribution in [0.5, 0.6) is 28.7 Å². The quantitative estimate of drug-likeness (QED) is 0.293. The molecule has 0 aliphatic heterocycles. The molecular weight excluding hydrogens is 521 g/mol. The van der Waals surface area contributed by atoms with Crippen molar-refractivity contribution in [1.82, 2.24) is 0 Å². The fourth-order valence-corrected chi connectivity index (χ4v) is 3.65. The number of carbonyl (C=O) groups excluding carboxylic acids is 1. The normalized spacial score (nSPS) is 10.4. The van der Waals surface area contributed by atoms with Gasteiger partial charge in [-0.2, -0.15) is 0 Å². The molecule has 0 spiro atoms. The molecule has 0 saturated carbocycles. The second kappa shape index (κ2) is 11.6. The molecule has 0 atom stereocenters. The number of methoxy groups -OCH3 is 1. The smallest absolute Gasteiger partial charge is 0.255 e. The second-order valence-corrected chi connectivity index (χ2v) is 7.99. The Morgan fingerprint density at radius 2 is 1.53 bits per heavy atom. The van der Waals surface area contributed by atoms with Gasteiger partial charge in [0.05, 0.1) is 23.9 Å². The molecule has 3 aromatic rings. The van der Waals surface area contributed by atoms with E-state index in [1.807, 2.05) is 38.1 Å². The number of amides is 1. The third-order valence-corrected chi connectivity index (χ3v) is 5.23. The average Bonchev–Trinajstić information content (AvgIpc) is 2.80. The van der Waals surface area contributed by atoms with E-state index >= 15 is 0 Å². The van der Waals surface area contributed by atoms with E-state index in [4.69, 9.17) is 18.9 Å². The second-order valence-electron chi connectivity index (χ2n) is 6.82. The first-order valence-corrected chi connectivity index (χ1v) is 11.4. The van der Waals surface area contributed by atoms with Crippen molar-refractivity contribution in [1.29, 1.82) is 0 Å². The standard InChI is InChI=1S/C25H26INO5/c1-4-14-31-24-22(26)15-17(16-23(24)30-5-2)25(28)27-18-6-8-20(9-7-18)32-21-12-10-19(29-3)11-13-21/h6-13,15-16H,4-5,14H2,1-3H3,(H,27,28). The van der Waals surface area contributed by atoms with Crippen molar-refractivity contribution in [3.05, 3.63) is 69.8 Å². The summed E-state index contributed by atoms with van der Waals surface area (Å²) in [6.45, 7) is 5.02. The highest BCUT2D eigenvalue weighted by atomic mass is 127. The van der Waals surface area contributed by atoms with Gasteiger partial charge >= 0.3 is 0 Å². The van der Waals surface area contributed by atoms with Gasteiger partial charge in [-0.1, -0.05) is 6.92 Å². The minimum atomic E-state index is -0.227. The molecule has 0 saturated heterocycles. The van der Waals surface area contributed by atoms with Crippen molar-refractivity contribution >= 4 is 34.2 Å². The van der Waals surface area contributed by atoms with Crippen molar-refractivity contribution in [2.75, 3.05) is 25.6 Å². The van der Waals surface area contributed by atoms with Gasteiger partial charge in [0.25, 0.3) is 5.91 Å². The van der Waals surface area contributed by atoms with Gasteiger partial charge in [-0.3, -0.25) is 4.79 Å². The maximum atomic E-state index is 12.8. The summed E-state index contributed by atoms with van der Waals surface area (Å²) in [4.78, 5) is 12.8. The molecule has 1 amide bonds. The molecule has 0 heterocycles. The highest BCUT2D eigenvalue weighted by Gasteiger charge is 2.16.